The van der Waals surface area contributed by atoms with E-state index in [0.29, 0.717) is 0 Å². The molecule has 3 nitrogen and oxygen atoms in total. The molecule has 0 atom stereocenters. The molecule has 0 aliphatic carbocycles. The second kappa shape index (κ2) is 5.40. The van der Waals surface area contributed by atoms with Crippen molar-refractivity contribution >= 4 is 32.7 Å². The predicted molar refractivity (Wildman–Crippen MR) is 105 cm³/mol. The number of hydrogen-bond donors (Lipinski definition) is 0. The van der Waals surface area contributed by atoms with E-state index in [-0.39, 0.29) is 0 Å². The summed E-state index contributed by atoms with van der Waals surface area (Å²) in [6.45, 7) is 4.20. The number of hydrogen-bond acceptors (Lipinski definition) is 2. The van der Waals surface area contributed by atoms with Crippen LogP contribution in [0.3, 0.4) is 0 Å². The highest BCUT2D eigenvalue weighted by Gasteiger charge is 2.23. The Labute approximate surface area is 151 Å². The fourth-order valence-corrected chi connectivity index (χ4v) is 3.97. The molecule has 0 amide bonds. The lowest BCUT2D eigenvalue weighted by molar-refractivity contribution is -0.670. The fraction of sp³-hybridized carbons (Fsp3) is 0.130. The summed E-state index contributed by atoms with van der Waals surface area (Å²) in [5.41, 5.74) is 5.36. The van der Waals surface area contributed by atoms with Crippen LogP contribution in [0.15, 0.2) is 65.2 Å². The largest absolute Gasteiger partial charge is 0.455 e. The summed E-state index contributed by atoms with van der Waals surface area (Å²) >= 11 is 0. The number of aromatic nitrogens is 2. The van der Waals surface area contributed by atoms with Crippen LogP contribution in [-0.2, 0) is 7.05 Å². The molecular formula is C23H19N2O+. The van der Waals surface area contributed by atoms with E-state index in [1.54, 1.807) is 0 Å². The summed E-state index contributed by atoms with van der Waals surface area (Å²) in [4.78, 5) is 4.41. The molecule has 0 aliphatic heterocycles. The highest BCUT2D eigenvalue weighted by molar-refractivity contribution is 6.23. The van der Waals surface area contributed by atoms with Crippen LogP contribution < -0.4 is 4.57 Å². The van der Waals surface area contributed by atoms with Crippen molar-refractivity contribution in [1.29, 1.82) is 0 Å². The van der Waals surface area contributed by atoms with Crippen LogP contribution in [-0.4, -0.2) is 4.98 Å². The minimum atomic E-state index is 0.924. The highest BCUT2D eigenvalue weighted by atomic mass is 16.3. The minimum absolute atomic E-state index is 0.924. The van der Waals surface area contributed by atoms with E-state index in [0.717, 1.165) is 33.6 Å². The molecule has 3 aromatic carbocycles. The van der Waals surface area contributed by atoms with E-state index in [2.05, 4.69) is 66.0 Å². The number of aryl methyl sites for hydroxylation is 2. The van der Waals surface area contributed by atoms with Gasteiger partial charge in [0.2, 0.25) is 0 Å². The number of nitrogens with zero attached hydrogens (tertiary/aromatic N) is 2. The first-order chi connectivity index (χ1) is 12.7. The Bertz CT molecular complexity index is 1310. The monoisotopic (exact) mass is 339 g/mol. The molecule has 2 heterocycles. The van der Waals surface area contributed by atoms with Crippen LogP contribution in [0.5, 0.6) is 0 Å². The molecule has 0 saturated carbocycles. The average Bonchev–Trinajstić information content (AvgIpc) is 3.04. The van der Waals surface area contributed by atoms with Gasteiger partial charge in [-0.05, 0) is 29.3 Å². The van der Waals surface area contributed by atoms with Crippen LogP contribution in [0.4, 0.5) is 0 Å². The topological polar surface area (TPSA) is 29.9 Å². The van der Waals surface area contributed by atoms with Gasteiger partial charge in [-0.3, -0.25) is 0 Å². The van der Waals surface area contributed by atoms with Crippen LogP contribution in [0.2, 0.25) is 0 Å². The van der Waals surface area contributed by atoms with Gasteiger partial charge in [0, 0.05) is 23.8 Å². The Hall–Kier alpha value is -3.20. The van der Waals surface area contributed by atoms with Crippen molar-refractivity contribution in [2.24, 2.45) is 7.05 Å². The SMILES string of the molecule is Cc1c(-c2ccnc(C)[n+]2C)c2oc3ccccc3c2c2ccccc12. The first-order valence-corrected chi connectivity index (χ1v) is 8.81. The molecule has 2 aromatic heterocycles. The quantitative estimate of drug-likeness (QED) is 0.391. The number of furan rings is 1. The molecule has 0 saturated heterocycles. The summed E-state index contributed by atoms with van der Waals surface area (Å²) in [7, 11) is 2.06. The lowest BCUT2D eigenvalue weighted by Gasteiger charge is -2.12. The molecule has 0 unspecified atom stereocenters. The first-order valence-electron chi connectivity index (χ1n) is 8.81. The van der Waals surface area contributed by atoms with Gasteiger partial charge in [-0.1, -0.05) is 47.4 Å². The number of rotatable bonds is 1. The Balaban J connectivity index is 2.09. The van der Waals surface area contributed by atoms with Gasteiger partial charge >= 0.3 is 0 Å². The summed E-state index contributed by atoms with van der Waals surface area (Å²) in [6.07, 6.45) is 1.87. The van der Waals surface area contributed by atoms with Crippen LogP contribution in [0.1, 0.15) is 11.4 Å². The van der Waals surface area contributed by atoms with Crippen molar-refractivity contribution < 1.29 is 8.98 Å². The maximum Gasteiger partial charge on any atom is 0.295 e. The Kier molecular flexibility index (Phi) is 3.13. The lowest BCUT2D eigenvalue weighted by atomic mass is 9.93. The summed E-state index contributed by atoms with van der Waals surface area (Å²) in [5, 5.41) is 4.85. The third-order valence-corrected chi connectivity index (χ3v) is 5.39. The van der Waals surface area contributed by atoms with Crippen molar-refractivity contribution in [3.05, 3.63) is 72.2 Å². The molecule has 0 bridgehead atoms. The maximum absolute atomic E-state index is 6.39. The lowest BCUT2D eigenvalue weighted by Crippen LogP contribution is -2.35. The molecular weight excluding hydrogens is 320 g/mol. The van der Waals surface area contributed by atoms with Crippen LogP contribution in [0.25, 0.3) is 44.0 Å². The molecule has 0 fully saturated rings. The van der Waals surface area contributed by atoms with Gasteiger partial charge < -0.3 is 4.42 Å². The van der Waals surface area contributed by atoms with Crippen molar-refractivity contribution in [2.75, 3.05) is 0 Å². The molecule has 126 valence electrons. The number of para-hydroxylation sites is 1. The molecule has 0 N–H and O–H groups in total. The zero-order chi connectivity index (χ0) is 17.8. The Morgan fingerprint density at radius 3 is 2.35 bits per heavy atom. The third-order valence-electron chi connectivity index (χ3n) is 5.39. The van der Waals surface area contributed by atoms with Crippen molar-refractivity contribution in [1.82, 2.24) is 4.98 Å². The minimum Gasteiger partial charge on any atom is -0.455 e. The first kappa shape index (κ1) is 15.1. The fourth-order valence-electron chi connectivity index (χ4n) is 3.97. The molecule has 3 heteroatoms. The Morgan fingerprint density at radius 1 is 0.846 bits per heavy atom. The predicted octanol–water partition coefficient (Wildman–Crippen LogP) is 5.24. The van der Waals surface area contributed by atoms with Gasteiger partial charge in [-0.25, -0.2) is 4.57 Å². The summed E-state index contributed by atoms with van der Waals surface area (Å²) < 4.78 is 8.52. The van der Waals surface area contributed by atoms with E-state index >= 15 is 0 Å². The molecule has 26 heavy (non-hydrogen) atoms. The van der Waals surface area contributed by atoms with Gasteiger partial charge in [-0.2, -0.15) is 0 Å². The van der Waals surface area contributed by atoms with Gasteiger partial charge in [0.15, 0.2) is 0 Å². The smallest absolute Gasteiger partial charge is 0.295 e. The van der Waals surface area contributed by atoms with E-state index in [4.69, 9.17) is 4.42 Å². The second-order valence-electron chi connectivity index (χ2n) is 6.78. The van der Waals surface area contributed by atoms with Gasteiger partial charge in [0.05, 0.1) is 12.6 Å². The van der Waals surface area contributed by atoms with Gasteiger partial charge in [-0.15, -0.1) is 0 Å². The maximum atomic E-state index is 6.39. The number of fused-ring (bicyclic) bond motifs is 5. The average molecular weight is 339 g/mol. The standard InChI is InChI=1S/C23H19N2O/c1-14-16-8-4-5-9-17(16)22-18-10-6-7-11-20(18)26-23(22)21(14)19-12-13-24-15(2)25(19)3/h4-13H,1-3H3/q+1. The second-order valence-corrected chi connectivity index (χ2v) is 6.78. The summed E-state index contributed by atoms with van der Waals surface area (Å²) in [6, 6.07) is 18.9. The van der Waals surface area contributed by atoms with Crippen molar-refractivity contribution in [2.45, 2.75) is 13.8 Å². The Morgan fingerprint density at radius 2 is 1.54 bits per heavy atom. The summed E-state index contributed by atoms with van der Waals surface area (Å²) in [5.74, 6) is 0.972. The van der Waals surface area contributed by atoms with Gasteiger partial charge in [0.1, 0.15) is 23.1 Å². The highest BCUT2D eigenvalue weighted by Crippen LogP contribution is 2.42. The normalized spacial score (nSPS) is 11.7. The zero-order valence-corrected chi connectivity index (χ0v) is 15.1. The molecule has 0 spiro atoms. The van der Waals surface area contributed by atoms with Crippen LogP contribution >= 0.6 is 0 Å². The third kappa shape index (κ3) is 1.94. The van der Waals surface area contributed by atoms with E-state index in [1.807, 2.05) is 25.3 Å². The molecule has 5 aromatic rings. The van der Waals surface area contributed by atoms with Gasteiger partial charge in [0.25, 0.3) is 5.82 Å². The molecule has 0 radical (unpaired) electrons. The zero-order valence-electron chi connectivity index (χ0n) is 15.1. The van der Waals surface area contributed by atoms with E-state index in [1.165, 1.54) is 21.7 Å². The molecule has 5 rings (SSSR count). The van der Waals surface area contributed by atoms with Crippen molar-refractivity contribution in [3.63, 3.8) is 0 Å². The number of benzene rings is 3. The molecule has 0 aliphatic rings. The van der Waals surface area contributed by atoms with E-state index in [9.17, 15) is 0 Å². The van der Waals surface area contributed by atoms with Crippen molar-refractivity contribution in [3.8, 4) is 11.3 Å². The van der Waals surface area contributed by atoms with E-state index < -0.39 is 0 Å². The van der Waals surface area contributed by atoms with Crippen LogP contribution in [0, 0.1) is 13.8 Å².